The number of carbonyl (C=O) groups is 1. The van der Waals surface area contributed by atoms with Gasteiger partial charge in [0.2, 0.25) is 0 Å². The van der Waals surface area contributed by atoms with E-state index in [4.69, 9.17) is 5.11 Å². The van der Waals surface area contributed by atoms with Gasteiger partial charge in [-0.3, -0.25) is 4.79 Å². The van der Waals surface area contributed by atoms with Gasteiger partial charge in [-0.25, -0.2) is 0 Å². The average Bonchev–Trinajstić information content (AvgIpc) is 2.39. The minimum absolute atomic E-state index is 0.00198. The van der Waals surface area contributed by atoms with Crippen molar-refractivity contribution in [3.63, 3.8) is 0 Å². The Morgan fingerprint density at radius 2 is 1.41 bits per heavy atom. The first-order valence-electron chi connectivity index (χ1n) is 5.21. The summed E-state index contributed by atoms with van der Waals surface area (Å²) in [7, 11) is 0. The molecule has 0 heterocycles. The minimum Gasteiger partial charge on any atom is -0.392 e. The van der Waals surface area contributed by atoms with Gasteiger partial charge in [-0.2, -0.15) is 0 Å². The van der Waals surface area contributed by atoms with Crippen LogP contribution in [0.4, 0.5) is 0 Å². The molecule has 2 nitrogen and oxygen atoms in total. The van der Waals surface area contributed by atoms with Gasteiger partial charge in [0.1, 0.15) is 0 Å². The molecule has 0 saturated carbocycles. The lowest BCUT2D eigenvalue weighted by molar-refractivity contribution is 0.103. The number of ketones is 1. The molecule has 2 rings (SSSR count). The maximum Gasteiger partial charge on any atom is 0.193 e. The maximum absolute atomic E-state index is 12.1. The molecule has 0 unspecified atom stereocenters. The smallest absolute Gasteiger partial charge is 0.193 e. The van der Waals surface area contributed by atoms with Crippen LogP contribution >= 0.6 is 22.6 Å². The van der Waals surface area contributed by atoms with E-state index in [2.05, 4.69) is 22.6 Å². The molecule has 2 aromatic rings. The number of halogens is 1. The van der Waals surface area contributed by atoms with Gasteiger partial charge >= 0.3 is 0 Å². The second-order valence-electron chi connectivity index (χ2n) is 3.69. The number of rotatable bonds is 3. The van der Waals surface area contributed by atoms with E-state index in [0.717, 1.165) is 9.13 Å². The van der Waals surface area contributed by atoms with Crippen LogP contribution in [0, 0.1) is 3.57 Å². The molecule has 0 spiro atoms. The van der Waals surface area contributed by atoms with E-state index in [1.165, 1.54) is 0 Å². The molecule has 0 aromatic heterocycles. The Morgan fingerprint density at radius 1 is 0.941 bits per heavy atom. The molecule has 0 aliphatic carbocycles. The van der Waals surface area contributed by atoms with Crippen LogP contribution in [0.3, 0.4) is 0 Å². The summed E-state index contributed by atoms with van der Waals surface area (Å²) in [5.74, 6) is 0.00545. The fourth-order valence-electron chi connectivity index (χ4n) is 1.53. The molecule has 1 N–H and O–H groups in total. The third-order valence-electron chi connectivity index (χ3n) is 2.51. The van der Waals surface area contributed by atoms with E-state index in [1.54, 1.807) is 24.3 Å². The van der Waals surface area contributed by atoms with Crippen molar-refractivity contribution in [1.82, 2.24) is 0 Å². The summed E-state index contributed by atoms with van der Waals surface area (Å²) in [4.78, 5) is 12.1. The van der Waals surface area contributed by atoms with E-state index < -0.39 is 0 Å². The van der Waals surface area contributed by atoms with Crippen molar-refractivity contribution >= 4 is 28.4 Å². The summed E-state index contributed by atoms with van der Waals surface area (Å²) in [6, 6.07) is 14.5. The molecule has 86 valence electrons. The summed E-state index contributed by atoms with van der Waals surface area (Å²) in [5.41, 5.74) is 2.13. The highest BCUT2D eigenvalue weighted by Crippen LogP contribution is 2.13. The van der Waals surface area contributed by atoms with Crippen molar-refractivity contribution < 1.29 is 9.90 Å². The van der Waals surface area contributed by atoms with Crippen molar-refractivity contribution in [2.75, 3.05) is 0 Å². The number of aliphatic hydroxyl groups excluding tert-OH is 1. The lowest BCUT2D eigenvalue weighted by atomic mass is 10.0. The highest BCUT2D eigenvalue weighted by atomic mass is 127. The number of aliphatic hydroxyl groups is 1. The van der Waals surface area contributed by atoms with Gasteiger partial charge in [-0.05, 0) is 52.4 Å². The van der Waals surface area contributed by atoms with E-state index in [-0.39, 0.29) is 12.4 Å². The molecule has 0 radical (unpaired) electrons. The van der Waals surface area contributed by atoms with Crippen LogP contribution in [-0.2, 0) is 6.61 Å². The number of hydrogen-bond donors (Lipinski definition) is 1. The van der Waals surface area contributed by atoms with Crippen molar-refractivity contribution in [2.24, 2.45) is 0 Å². The Morgan fingerprint density at radius 3 is 1.88 bits per heavy atom. The molecule has 0 saturated heterocycles. The quantitative estimate of drug-likeness (QED) is 0.690. The van der Waals surface area contributed by atoms with Crippen LogP contribution in [0.2, 0.25) is 0 Å². The van der Waals surface area contributed by atoms with Crippen molar-refractivity contribution in [3.05, 3.63) is 68.8 Å². The standard InChI is InChI=1S/C14H11IO2/c15-13-7-5-12(6-8-13)14(17)11-3-1-10(9-16)2-4-11/h1-8,16H,9H2. The van der Waals surface area contributed by atoms with E-state index in [9.17, 15) is 4.79 Å². The average molecular weight is 338 g/mol. The van der Waals surface area contributed by atoms with Gasteiger partial charge in [0.15, 0.2) is 5.78 Å². The second kappa shape index (κ2) is 5.42. The number of hydrogen-bond acceptors (Lipinski definition) is 2. The monoisotopic (exact) mass is 338 g/mol. The third kappa shape index (κ3) is 2.92. The summed E-state index contributed by atoms with van der Waals surface area (Å²) in [5, 5.41) is 8.93. The maximum atomic E-state index is 12.1. The van der Waals surface area contributed by atoms with E-state index in [1.807, 2.05) is 24.3 Å². The zero-order chi connectivity index (χ0) is 12.3. The highest BCUT2D eigenvalue weighted by molar-refractivity contribution is 14.1. The second-order valence-corrected chi connectivity index (χ2v) is 4.94. The lowest BCUT2D eigenvalue weighted by Crippen LogP contribution is -2.01. The predicted octanol–water partition coefficient (Wildman–Crippen LogP) is 3.01. The molecule has 17 heavy (non-hydrogen) atoms. The van der Waals surface area contributed by atoms with Crippen molar-refractivity contribution in [3.8, 4) is 0 Å². The van der Waals surface area contributed by atoms with Crippen LogP contribution in [0.15, 0.2) is 48.5 Å². The third-order valence-corrected chi connectivity index (χ3v) is 3.22. The summed E-state index contributed by atoms with van der Waals surface area (Å²) in [6.45, 7) is -0.00198. The first kappa shape index (κ1) is 12.3. The zero-order valence-electron chi connectivity index (χ0n) is 9.06. The predicted molar refractivity (Wildman–Crippen MR) is 75.0 cm³/mol. The van der Waals surface area contributed by atoms with E-state index in [0.29, 0.717) is 11.1 Å². The topological polar surface area (TPSA) is 37.3 Å². The molecule has 0 amide bonds. The van der Waals surface area contributed by atoms with Crippen LogP contribution in [0.5, 0.6) is 0 Å². The van der Waals surface area contributed by atoms with Crippen LogP contribution < -0.4 is 0 Å². The molecule has 0 atom stereocenters. The molecular weight excluding hydrogens is 327 g/mol. The van der Waals surface area contributed by atoms with Crippen LogP contribution in [0.1, 0.15) is 21.5 Å². The largest absolute Gasteiger partial charge is 0.392 e. The Labute approximate surface area is 113 Å². The SMILES string of the molecule is O=C(c1ccc(I)cc1)c1ccc(CO)cc1. The summed E-state index contributed by atoms with van der Waals surface area (Å²) < 4.78 is 1.11. The first-order chi connectivity index (χ1) is 8.20. The Bertz CT molecular complexity index is 515. The normalized spacial score (nSPS) is 10.2. The molecular formula is C14H11IO2. The zero-order valence-corrected chi connectivity index (χ0v) is 11.2. The Kier molecular flexibility index (Phi) is 3.91. The Hall–Kier alpha value is -1.20. The van der Waals surface area contributed by atoms with Crippen molar-refractivity contribution in [1.29, 1.82) is 0 Å². The lowest BCUT2D eigenvalue weighted by Gasteiger charge is -2.02. The minimum atomic E-state index is -0.00198. The molecule has 3 heteroatoms. The van der Waals surface area contributed by atoms with Gasteiger partial charge in [0.05, 0.1) is 6.61 Å². The van der Waals surface area contributed by atoms with Gasteiger partial charge in [-0.15, -0.1) is 0 Å². The number of benzene rings is 2. The molecule has 0 aliphatic heterocycles. The fourth-order valence-corrected chi connectivity index (χ4v) is 1.89. The molecule has 0 bridgehead atoms. The van der Waals surface area contributed by atoms with E-state index >= 15 is 0 Å². The molecule has 0 fully saturated rings. The van der Waals surface area contributed by atoms with Crippen LogP contribution in [-0.4, -0.2) is 10.9 Å². The van der Waals surface area contributed by atoms with Crippen molar-refractivity contribution in [2.45, 2.75) is 6.61 Å². The van der Waals surface area contributed by atoms with Gasteiger partial charge in [-0.1, -0.05) is 24.3 Å². The number of carbonyl (C=O) groups excluding carboxylic acids is 1. The molecule has 0 aliphatic rings. The molecule has 2 aromatic carbocycles. The Balaban J connectivity index is 2.27. The highest BCUT2D eigenvalue weighted by Gasteiger charge is 2.08. The van der Waals surface area contributed by atoms with Crippen LogP contribution in [0.25, 0.3) is 0 Å². The fraction of sp³-hybridized carbons (Fsp3) is 0.0714. The summed E-state index contributed by atoms with van der Waals surface area (Å²) >= 11 is 2.20. The van der Waals surface area contributed by atoms with Gasteiger partial charge < -0.3 is 5.11 Å². The first-order valence-corrected chi connectivity index (χ1v) is 6.28. The van der Waals surface area contributed by atoms with Gasteiger partial charge in [0.25, 0.3) is 0 Å². The summed E-state index contributed by atoms with van der Waals surface area (Å²) in [6.07, 6.45) is 0. The van der Waals surface area contributed by atoms with Gasteiger partial charge in [0, 0.05) is 14.7 Å².